The molecule has 0 fully saturated rings. The Labute approximate surface area is 217 Å². The van der Waals surface area contributed by atoms with Crippen LogP contribution in [-0.2, 0) is 14.6 Å². The minimum atomic E-state index is -3.55. The third-order valence-electron chi connectivity index (χ3n) is 4.44. The van der Waals surface area contributed by atoms with Gasteiger partial charge in [-0.05, 0) is 48.0 Å². The van der Waals surface area contributed by atoms with Crippen LogP contribution >= 0.6 is 22.9 Å². The number of ether oxygens (including phenoxy) is 3. The van der Waals surface area contributed by atoms with E-state index in [2.05, 4.69) is 15.5 Å². The standard InChI is InChI=1S/C23H21ClN4O6S2/c1-32-20-13-15(4-9-19(20)34-11-3-10-33-18-7-5-17(24)6-8-18)12-16(14-25)21(29)26-22-27-28-23(35-22)36(2,30)31/h4-9,12-13H,3,10-11H2,1-2H3,(H,26,27,29). The number of sulfone groups is 1. The van der Waals surface area contributed by atoms with Crippen LogP contribution in [0.1, 0.15) is 12.0 Å². The molecule has 188 valence electrons. The van der Waals surface area contributed by atoms with Gasteiger partial charge in [0.1, 0.15) is 17.4 Å². The summed E-state index contributed by atoms with van der Waals surface area (Å²) in [5.41, 5.74) is 0.298. The average Bonchev–Trinajstić information content (AvgIpc) is 3.33. The molecule has 0 radical (unpaired) electrons. The lowest BCUT2D eigenvalue weighted by molar-refractivity contribution is -0.112. The summed E-state index contributed by atoms with van der Waals surface area (Å²) in [6.07, 6.45) is 2.97. The molecule has 2 aromatic carbocycles. The number of benzene rings is 2. The monoisotopic (exact) mass is 548 g/mol. The maximum atomic E-state index is 12.5. The smallest absolute Gasteiger partial charge is 0.268 e. The highest BCUT2D eigenvalue weighted by Crippen LogP contribution is 2.29. The number of nitriles is 1. The number of methoxy groups -OCH3 is 1. The molecular weight excluding hydrogens is 528 g/mol. The summed E-state index contributed by atoms with van der Waals surface area (Å²) >= 11 is 6.54. The number of nitrogens with zero attached hydrogens (tertiary/aromatic N) is 3. The van der Waals surface area contributed by atoms with E-state index in [1.165, 1.54) is 13.2 Å². The minimum Gasteiger partial charge on any atom is -0.493 e. The zero-order valence-corrected chi connectivity index (χ0v) is 21.6. The highest BCUT2D eigenvalue weighted by Gasteiger charge is 2.17. The molecule has 13 heteroatoms. The molecule has 0 aliphatic rings. The summed E-state index contributed by atoms with van der Waals surface area (Å²) in [5.74, 6) is 0.870. The molecule has 1 amide bonds. The van der Waals surface area contributed by atoms with E-state index in [4.69, 9.17) is 25.8 Å². The highest BCUT2D eigenvalue weighted by molar-refractivity contribution is 7.92. The molecule has 0 aliphatic carbocycles. The SMILES string of the molecule is COc1cc(C=C(C#N)C(=O)Nc2nnc(S(C)(=O)=O)s2)ccc1OCCCOc1ccc(Cl)cc1. The van der Waals surface area contributed by atoms with Crippen LogP contribution in [0.3, 0.4) is 0 Å². The van der Waals surface area contributed by atoms with E-state index in [-0.39, 0.29) is 15.0 Å². The molecule has 0 spiro atoms. The van der Waals surface area contributed by atoms with Crippen LogP contribution in [-0.4, -0.2) is 51.1 Å². The van der Waals surface area contributed by atoms with Crippen molar-refractivity contribution in [3.8, 4) is 23.3 Å². The average molecular weight is 549 g/mol. The van der Waals surface area contributed by atoms with Crippen molar-refractivity contribution in [3.63, 3.8) is 0 Å². The van der Waals surface area contributed by atoms with Crippen molar-refractivity contribution in [1.82, 2.24) is 10.2 Å². The summed E-state index contributed by atoms with van der Waals surface area (Å²) in [6.45, 7) is 0.827. The van der Waals surface area contributed by atoms with Crippen molar-refractivity contribution in [2.24, 2.45) is 0 Å². The molecule has 0 atom stereocenters. The Balaban J connectivity index is 1.59. The number of aromatic nitrogens is 2. The summed E-state index contributed by atoms with van der Waals surface area (Å²) < 4.78 is 39.6. The lowest BCUT2D eigenvalue weighted by Gasteiger charge is -2.12. The summed E-state index contributed by atoms with van der Waals surface area (Å²) in [4.78, 5) is 12.5. The Kier molecular flexibility index (Phi) is 9.24. The second-order valence-corrected chi connectivity index (χ2v) is 10.8. The van der Waals surface area contributed by atoms with Gasteiger partial charge in [-0.3, -0.25) is 10.1 Å². The minimum absolute atomic E-state index is 0.0389. The van der Waals surface area contributed by atoms with E-state index in [9.17, 15) is 18.5 Å². The molecule has 1 aromatic heterocycles. The first-order valence-electron chi connectivity index (χ1n) is 10.4. The van der Waals surface area contributed by atoms with Crippen LogP contribution in [0.25, 0.3) is 6.08 Å². The van der Waals surface area contributed by atoms with Crippen molar-refractivity contribution in [1.29, 1.82) is 5.26 Å². The van der Waals surface area contributed by atoms with Crippen molar-refractivity contribution < 1.29 is 27.4 Å². The van der Waals surface area contributed by atoms with E-state index in [1.54, 1.807) is 42.5 Å². The van der Waals surface area contributed by atoms with Gasteiger partial charge in [0, 0.05) is 17.7 Å². The van der Waals surface area contributed by atoms with Gasteiger partial charge >= 0.3 is 0 Å². The zero-order chi connectivity index (χ0) is 26.1. The fraction of sp³-hybridized carbons (Fsp3) is 0.217. The fourth-order valence-corrected chi connectivity index (χ4v) is 4.37. The van der Waals surface area contributed by atoms with Gasteiger partial charge in [-0.25, -0.2) is 8.42 Å². The molecule has 36 heavy (non-hydrogen) atoms. The van der Waals surface area contributed by atoms with E-state index in [1.807, 2.05) is 6.07 Å². The van der Waals surface area contributed by atoms with Crippen LogP contribution in [0.2, 0.25) is 5.02 Å². The Morgan fingerprint density at radius 3 is 2.50 bits per heavy atom. The topological polar surface area (TPSA) is 140 Å². The second-order valence-electron chi connectivity index (χ2n) is 7.18. The Morgan fingerprint density at radius 2 is 1.86 bits per heavy atom. The molecule has 1 heterocycles. The Hall–Kier alpha value is -3.66. The lowest BCUT2D eigenvalue weighted by Crippen LogP contribution is -2.13. The number of nitrogens with one attached hydrogen (secondary N) is 1. The predicted octanol–water partition coefficient (Wildman–Crippen LogP) is 4.00. The quantitative estimate of drug-likeness (QED) is 0.163. The fourth-order valence-electron chi connectivity index (χ4n) is 2.74. The molecule has 10 nitrogen and oxygen atoms in total. The van der Waals surface area contributed by atoms with Crippen molar-refractivity contribution in [2.75, 3.05) is 31.9 Å². The van der Waals surface area contributed by atoms with Crippen molar-refractivity contribution in [2.45, 2.75) is 10.8 Å². The van der Waals surface area contributed by atoms with Gasteiger partial charge < -0.3 is 14.2 Å². The molecule has 1 N–H and O–H groups in total. The third kappa shape index (κ3) is 7.67. The summed E-state index contributed by atoms with van der Waals surface area (Å²) in [7, 11) is -2.07. The number of hydrogen-bond acceptors (Lipinski definition) is 10. The molecule has 0 bridgehead atoms. The molecule has 0 aliphatic heterocycles. The molecule has 0 unspecified atom stereocenters. The van der Waals surface area contributed by atoms with Gasteiger partial charge in [0.25, 0.3) is 5.91 Å². The predicted molar refractivity (Wildman–Crippen MR) is 135 cm³/mol. The second kappa shape index (κ2) is 12.3. The maximum absolute atomic E-state index is 12.5. The molecule has 3 aromatic rings. The molecule has 3 rings (SSSR count). The van der Waals surface area contributed by atoms with Gasteiger partial charge in [-0.15, -0.1) is 10.2 Å². The van der Waals surface area contributed by atoms with Gasteiger partial charge in [0.05, 0.1) is 20.3 Å². The van der Waals surface area contributed by atoms with E-state index < -0.39 is 15.7 Å². The van der Waals surface area contributed by atoms with Crippen LogP contribution in [0.15, 0.2) is 52.4 Å². The summed E-state index contributed by atoms with van der Waals surface area (Å²) in [5, 5.41) is 19.5. The number of amides is 1. The lowest BCUT2D eigenvalue weighted by atomic mass is 10.1. The first-order chi connectivity index (χ1) is 17.2. The van der Waals surface area contributed by atoms with Gasteiger partial charge in [0.15, 0.2) is 11.5 Å². The first-order valence-corrected chi connectivity index (χ1v) is 13.4. The van der Waals surface area contributed by atoms with E-state index in [0.717, 1.165) is 6.26 Å². The summed E-state index contributed by atoms with van der Waals surface area (Å²) in [6, 6.07) is 13.8. The third-order valence-corrected chi connectivity index (χ3v) is 7.20. The van der Waals surface area contributed by atoms with Gasteiger partial charge in [-0.1, -0.05) is 29.0 Å². The molecule has 0 saturated heterocycles. The number of hydrogen-bond donors (Lipinski definition) is 1. The van der Waals surface area contributed by atoms with Crippen LogP contribution in [0.4, 0.5) is 5.13 Å². The zero-order valence-electron chi connectivity index (χ0n) is 19.2. The molecular formula is C23H21ClN4O6S2. The Bertz CT molecular complexity index is 1400. The van der Waals surface area contributed by atoms with Crippen LogP contribution in [0, 0.1) is 11.3 Å². The van der Waals surface area contributed by atoms with Crippen LogP contribution in [0.5, 0.6) is 17.2 Å². The van der Waals surface area contributed by atoms with Gasteiger partial charge in [-0.2, -0.15) is 5.26 Å². The highest BCUT2D eigenvalue weighted by atomic mass is 35.5. The number of rotatable bonds is 11. The molecule has 0 saturated carbocycles. The number of carbonyl (C=O) groups is 1. The Morgan fingerprint density at radius 1 is 1.14 bits per heavy atom. The maximum Gasteiger partial charge on any atom is 0.268 e. The largest absolute Gasteiger partial charge is 0.493 e. The van der Waals surface area contributed by atoms with E-state index in [0.29, 0.717) is 58.8 Å². The first kappa shape index (κ1) is 26.9. The normalized spacial score (nSPS) is 11.4. The van der Waals surface area contributed by atoms with Gasteiger partial charge in [0.2, 0.25) is 19.3 Å². The number of halogens is 1. The van der Waals surface area contributed by atoms with Crippen molar-refractivity contribution in [3.05, 3.63) is 58.6 Å². The number of anilines is 1. The van der Waals surface area contributed by atoms with Crippen molar-refractivity contribution >= 4 is 49.9 Å². The van der Waals surface area contributed by atoms with E-state index >= 15 is 0 Å². The number of carbonyl (C=O) groups excluding carboxylic acids is 1. The van der Waals surface area contributed by atoms with Crippen LogP contribution < -0.4 is 19.5 Å².